The Morgan fingerprint density at radius 3 is 2.61 bits per heavy atom. The van der Waals surface area contributed by atoms with Crippen LogP contribution in [-0.4, -0.2) is 22.6 Å². The van der Waals surface area contributed by atoms with Gasteiger partial charge in [-0.3, -0.25) is 9.78 Å². The normalized spacial score (nSPS) is 11.1. The van der Waals surface area contributed by atoms with Crippen LogP contribution >= 0.6 is 0 Å². The van der Waals surface area contributed by atoms with E-state index in [2.05, 4.69) is 21.7 Å². The molecule has 5 aromatic rings. The average Bonchev–Trinajstić information content (AvgIpc) is 3.12. The zero-order chi connectivity index (χ0) is 21.4. The van der Waals surface area contributed by atoms with Crippen LogP contribution in [-0.2, 0) is 6.54 Å². The maximum Gasteiger partial charge on any atom is 0.249 e. The zero-order valence-corrected chi connectivity index (χ0v) is 17.0. The number of nitrogens with two attached hydrogens (primary N) is 1. The topological polar surface area (TPSA) is 70.1 Å². The SMILES string of the molecule is COc1ccc(-c2c[c]c3c4c(C(N)=O)cccc4n(Cc4cccnc4)c3c2)cc1. The van der Waals surface area contributed by atoms with Crippen LogP contribution in [0, 0.1) is 6.07 Å². The second-order valence-electron chi connectivity index (χ2n) is 7.39. The molecule has 5 heteroatoms. The first-order valence-corrected chi connectivity index (χ1v) is 9.95. The molecule has 2 heterocycles. The summed E-state index contributed by atoms with van der Waals surface area (Å²) in [6.45, 7) is 0.621. The minimum absolute atomic E-state index is 0.446. The number of carbonyl (C=O) groups excluding carboxylic acids is 1. The molecule has 0 fully saturated rings. The molecule has 0 atom stereocenters. The third kappa shape index (κ3) is 3.30. The fourth-order valence-electron chi connectivity index (χ4n) is 4.06. The van der Waals surface area contributed by atoms with Gasteiger partial charge in [-0.2, -0.15) is 0 Å². The fraction of sp³-hybridized carbons (Fsp3) is 0.0769. The third-order valence-corrected chi connectivity index (χ3v) is 5.55. The summed E-state index contributed by atoms with van der Waals surface area (Å²) in [6.07, 6.45) is 3.61. The van der Waals surface area contributed by atoms with Crippen LogP contribution in [0.1, 0.15) is 15.9 Å². The molecule has 1 radical (unpaired) electrons. The molecule has 1 amide bonds. The van der Waals surface area contributed by atoms with Crippen molar-refractivity contribution in [3.63, 3.8) is 0 Å². The van der Waals surface area contributed by atoms with Crippen molar-refractivity contribution < 1.29 is 9.53 Å². The predicted octanol–water partition coefficient (Wildman–Crippen LogP) is 4.81. The van der Waals surface area contributed by atoms with Gasteiger partial charge in [-0.05, 0) is 65.2 Å². The van der Waals surface area contributed by atoms with Crippen LogP contribution in [0.3, 0.4) is 0 Å². The highest BCUT2D eigenvalue weighted by molar-refractivity contribution is 6.18. The molecule has 2 N–H and O–H groups in total. The average molecular weight is 406 g/mol. The van der Waals surface area contributed by atoms with E-state index >= 15 is 0 Å². The van der Waals surface area contributed by atoms with Gasteiger partial charge in [0.25, 0.3) is 0 Å². The van der Waals surface area contributed by atoms with Crippen molar-refractivity contribution in [1.82, 2.24) is 9.55 Å². The largest absolute Gasteiger partial charge is 0.497 e. The number of pyridine rings is 1. The van der Waals surface area contributed by atoms with Gasteiger partial charge in [-0.15, -0.1) is 0 Å². The summed E-state index contributed by atoms with van der Waals surface area (Å²) in [4.78, 5) is 16.4. The highest BCUT2D eigenvalue weighted by Crippen LogP contribution is 2.35. The Morgan fingerprint density at radius 2 is 1.90 bits per heavy atom. The van der Waals surface area contributed by atoms with Crippen LogP contribution in [0.25, 0.3) is 32.9 Å². The Labute approximate surface area is 179 Å². The van der Waals surface area contributed by atoms with E-state index in [1.807, 2.05) is 60.8 Å². The standard InChI is InChI=1S/C26H20N3O2/c1-31-20-10-7-18(8-11-20)19-9-12-21-24(14-19)29(16-17-4-3-13-28-15-17)23-6-2-5-22(25(21)23)26(27)30/h2-11,13-15H,16H2,1H3,(H2,27,30). The summed E-state index contributed by atoms with van der Waals surface area (Å²) in [5.41, 5.74) is 11.3. The molecule has 151 valence electrons. The van der Waals surface area contributed by atoms with Crippen LogP contribution < -0.4 is 10.5 Å². The van der Waals surface area contributed by atoms with Gasteiger partial charge < -0.3 is 15.0 Å². The Morgan fingerprint density at radius 1 is 1.06 bits per heavy atom. The molecule has 0 saturated heterocycles. The number of amides is 1. The number of hydrogen-bond donors (Lipinski definition) is 1. The van der Waals surface area contributed by atoms with E-state index < -0.39 is 5.91 Å². The first-order valence-electron chi connectivity index (χ1n) is 9.95. The Hall–Kier alpha value is -4.12. The molecule has 0 unspecified atom stereocenters. The zero-order valence-electron chi connectivity index (χ0n) is 17.0. The lowest BCUT2D eigenvalue weighted by atomic mass is 10.0. The number of aromatic nitrogens is 2. The number of methoxy groups -OCH3 is 1. The van der Waals surface area contributed by atoms with E-state index in [4.69, 9.17) is 10.5 Å². The summed E-state index contributed by atoms with van der Waals surface area (Å²) in [5, 5.41) is 1.71. The van der Waals surface area contributed by atoms with Gasteiger partial charge >= 0.3 is 0 Å². The lowest BCUT2D eigenvalue weighted by Crippen LogP contribution is -2.11. The Kier molecular flexibility index (Phi) is 4.64. The smallest absolute Gasteiger partial charge is 0.249 e. The molecular formula is C26H20N3O2. The number of ether oxygens (including phenoxy) is 1. The summed E-state index contributed by atoms with van der Waals surface area (Å²) >= 11 is 0. The number of rotatable bonds is 5. The molecular weight excluding hydrogens is 386 g/mol. The van der Waals surface area contributed by atoms with Gasteiger partial charge in [-0.1, -0.05) is 24.3 Å². The number of primary amides is 1. The van der Waals surface area contributed by atoms with Crippen molar-refractivity contribution in [3.05, 3.63) is 96.3 Å². The second-order valence-corrected chi connectivity index (χ2v) is 7.39. The number of benzene rings is 3. The minimum Gasteiger partial charge on any atom is -0.497 e. The lowest BCUT2D eigenvalue weighted by Gasteiger charge is -2.09. The first kappa shape index (κ1) is 18.9. The number of nitrogens with zero attached hydrogens (tertiary/aromatic N) is 2. The van der Waals surface area contributed by atoms with Gasteiger partial charge in [0, 0.05) is 35.3 Å². The van der Waals surface area contributed by atoms with Gasteiger partial charge in [0.05, 0.1) is 18.1 Å². The molecule has 3 aromatic carbocycles. The summed E-state index contributed by atoms with van der Waals surface area (Å²) in [6, 6.07) is 25.0. The van der Waals surface area contributed by atoms with E-state index in [0.717, 1.165) is 44.2 Å². The molecule has 0 saturated carbocycles. The highest BCUT2D eigenvalue weighted by Gasteiger charge is 2.17. The Balaban J connectivity index is 1.77. The first-order chi connectivity index (χ1) is 15.2. The van der Waals surface area contributed by atoms with E-state index in [9.17, 15) is 4.79 Å². The molecule has 0 aliphatic carbocycles. The molecule has 0 bridgehead atoms. The van der Waals surface area contributed by atoms with E-state index in [0.29, 0.717) is 12.1 Å². The van der Waals surface area contributed by atoms with Gasteiger partial charge in [0.1, 0.15) is 5.75 Å². The quantitative estimate of drug-likeness (QED) is 0.455. The highest BCUT2D eigenvalue weighted by atomic mass is 16.5. The van der Waals surface area contributed by atoms with Crippen molar-refractivity contribution in [2.45, 2.75) is 6.54 Å². The van der Waals surface area contributed by atoms with Crippen molar-refractivity contribution >= 4 is 27.7 Å². The Bertz CT molecular complexity index is 1400. The van der Waals surface area contributed by atoms with Crippen LogP contribution in [0.15, 0.2) is 79.1 Å². The van der Waals surface area contributed by atoms with Crippen molar-refractivity contribution in [3.8, 4) is 16.9 Å². The van der Waals surface area contributed by atoms with E-state index in [1.54, 1.807) is 19.4 Å². The number of fused-ring (bicyclic) bond motifs is 3. The summed E-state index contributed by atoms with van der Waals surface area (Å²) in [5.74, 6) is 0.365. The summed E-state index contributed by atoms with van der Waals surface area (Å²) in [7, 11) is 1.65. The second kappa shape index (κ2) is 7.61. The predicted molar refractivity (Wildman–Crippen MR) is 122 cm³/mol. The van der Waals surface area contributed by atoms with E-state index in [-0.39, 0.29) is 0 Å². The molecule has 5 nitrogen and oxygen atoms in total. The molecule has 0 spiro atoms. The fourth-order valence-corrected chi connectivity index (χ4v) is 4.06. The van der Waals surface area contributed by atoms with E-state index in [1.165, 1.54) is 0 Å². The number of carbonyl (C=O) groups is 1. The maximum absolute atomic E-state index is 12.2. The van der Waals surface area contributed by atoms with Crippen molar-refractivity contribution in [2.24, 2.45) is 5.73 Å². The molecule has 2 aromatic heterocycles. The minimum atomic E-state index is -0.446. The number of hydrogen-bond acceptors (Lipinski definition) is 3. The third-order valence-electron chi connectivity index (χ3n) is 5.55. The molecule has 0 aliphatic rings. The van der Waals surface area contributed by atoms with Gasteiger partial charge in [-0.25, -0.2) is 0 Å². The van der Waals surface area contributed by atoms with Crippen LogP contribution in [0.5, 0.6) is 5.75 Å². The van der Waals surface area contributed by atoms with Gasteiger partial charge in [0.15, 0.2) is 0 Å². The maximum atomic E-state index is 12.2. The van der Waals surface area contributed by atoms with Gasteiger partial charge in [0.2, 0.25) is 5.91 Å². The van der Waals surface area contributed by atoms with Crippen molar-refractivity contribution in [2.75, 3.05) is 7.11 Å². The van der Waals surface area contributed by atoms with Crippen LogP contribution in [0.2, 0.25) is 0 Å². The molecule has 31 heavy (non-hydrogen) atoms. The van der Waals surface area contributed by atoms with Crippen LogP contribution in [0.4, 0.5) is 0 Å². The monoisotopic (exact) mass is 406 g/mol. The lowest BCUT2D eigenvalue weighted by molar-refractivity contribution is 0.100. The molecule has 0 aliphatic heterocycles. The summed E-state index contributed by atoms with van der Waals surface area (Å²) < 4.78 is 7.47. The molecule has 5 rings (SSSR count). The van der Waals surface area contributed by atoms with Crippen molar-refractivity contribution in [1.29, 1.82) is 0 Å².